The molecule has 1 aliphatic carbocycles. The van der Waals surface area contributed by atoms with Gasteiger partial charge in [0, 0.05) is 17.7 Å². The maximum absolute atomic E-state index is 12.6. The van der Waals surface area contributed by atoms with Crippen molar-refractivity contribution in [1.29, 1.82) is 0 Å². The highest BCUT2D eigenvalue weighted by molar-refractivity contribution is 5.99. The van der Waals surface area contributed by atoms with E-state index in [1.807, 2.05) is 44.2 Å². The van der Waals surface area contributed by atoms with Crippen LogP contribution < -0.4 is 19.5 Å². The van der Waals surface area contributed by atoms with Crippen molar-refractivity contribution in [1.82, 2.24) is 5.32 Å². The SMILES string of the molecule is COc1ccc(-c2ccc3c(c2)CNC3=O)c(OCC(C)(C)OC(=O)C2CCCC2)c1OC. The molecule has 1 N–H and O–H groups in total. The highest BCUT2D eigenvalue weighted by Gasteiger charge is 2.32. The van der Waals surface area contributed by atoms with Gasteiger partial charge in [-0.2, -0.15) is 0 Å². The number of fused-ring (bicyclic) bond motifs is 1. The molecule has 1 aliphatic heterocycles. The fourth-order valence-electron chi connectivity index (χ4n) is 4.46. The van der Waals surface area contributed by atoms with Crippen LogP contribution in [0.3, 0.4) is 0 Å². The monoisotopic (exact) mass is 453 g/mol. The summed E-state index contributed by atoms with van der Waals surface area (Å²) < 4.78 is 23.2. The van der Waals surface area contributed by atoms with Crippen LogP contribution in [0.15, 0.2) is 30.3 Å². The second kappa shape index (κ2) is 9.33. The van der Waals surface area contributed by atoms with E-state index in [0.717, 1.165) is 42.4 Å². The van der Waals surface area contributed by atoms with Crippen LogP contribution in [-0.2, 0) is 16.1 Å². The van der Waals surface area contributed by atoms with E-state index in [2.05, 4.69) is 5.32 Å². The van der Waals surface area contributed by atoms with E-state index in [-0.39, 0.29) is 24.4 Å². The van der Waals surface area contributed by atoms with Gasteiger partial charge in [-0.3, -0.25) is 9.59 Å². The van der Waals surface area contributed by atoms with Gasteiger partial charge in [-0.05, 0) is 62.1 Å². The van der Waals surface area contributed by atoms with Crippen LogP contribution in [0.1, 0.15) is 55.5 Å². The van der Waals surface area contributed by atoms with Gasteiger partial charge in [-0.1, -0.05) is 18.9 Å². The third-order valence-corrected chi connectivity index (χ3v) is 6.23. The summed E-state index contributed by atoms with van der Waals surface area (Å²) in [6, 6.07) is 9.42. The maximum Gasteiger partial charge on any atom is 0.309 e. The molecule has 0 spiro atoms. The summed E-state index contributed by atoms with van der Waals surface area (Å²) in [6.07, 6.45) is 3.92. The van der Waals surface area contributed by atoms with Crippen molar-refractivity contribution in [2.75, 3.05) is 20.8 Å². The van der Waals surface area contributed by atoms with Gasteiger partial charge in [0.15, 0.2) is 11.5 Å². The second-order valence-corrected chi connectivity index (χ2v) is 9.18. The lowest BCUT2D eigenvalue weighted by molar-refractivity contribution is -0.164. The van der Waals surface area contributed by atoms with Crippen LogP contribution in [0.4, 0.5) is 0 Å². The van der Waals surface area contributed by atoms with Crippen molar-refractivity contribution in [3.63, 3.8) is 0 Å². The molecular formula is C26H31NO6. The average molecular weight is 454 g/mol. The molecule has 7 heteroatoms. The molecule has 0 saturated heterocycles. The fraction of sp³-hybridized carbons (Fsp3) is 0.462. The van der Waals surface area contributed by atoms with Gasteiger partial charge in [0.25, 0.3) is 5.91 Å². The van der Waals surface area contributed by atoms with E-state index < -0.39 is 5.60 Å². The summed E-state index contributed by atoms with van der Waals surface area (Å²) in [4.78, 5) is 24.5. The van der Waals surface area contributed by atoms with Crippen LogP contribution in [-0.4, -0.2) is 38.3 Å². The Balaban J connectivity index is 1.62. The van der Waals surface area contributed by atoms with Crippen LogP contribution in [0, 0.1) is 5.92 Å². The van der Waals surface area contributed by atoms with Crippen LogP contribution in [0.25, 0.3) is 11.1 Å². The van der Waals surface area contributed by atoms with E-state index in [9.17, 15) is 9.59 Å². The maximum atomic E-state index is 12.6. The Labute approximate surface area is 194 Å². The lowest BCUT2D eigenvalue weighted by atomic mass is 9.99. The molecule has 1 amide bonds. The number of esters is 1. The van der Waals surface area contributed by atoms with E-state index in [1.165, 1.54) is 0 Å². The minimum Gasteiger partial charge on any atom is -0.493 e. The lowest BCUT2D eigenvalue weighted by Crippen LogP contribution is -2.36. The van der Waals surface area contributed by atoms with Crippen LogP contribution >= 0.6 is 0 Å². The first kappa shape index (κ1) is 23.0. The minimum absolute atomic E-state index is 0.0195. The number of nitrogens with one attached hydrogen (secondary N) is 1. The Morgan fingerprint density at radius 3 is 2.45 bits per heavy atom. The van der Waals surface area contributed by atoms with Crippen molar-refractivity contribution >= 4 is 11.9 Å². The van der Waals surface area contributed by atoms with E-state index >= 15 is 0 Å². The van der Waals surface area contributed by atoms with Gasteiger partial charge >= 0.3 is 5.97 Å². The van der Waals surface area contributed by atoms with Crippen molar-refractivity contribution < 1.29 is 28.5 Å². The Kier molecular flexibility index (Phi) is 6.49. The van der Waals surface area contributed by atoms with Crippen molar-refractivity contribution in [2.24, 2.45) is 5.92 Å². The first-order chi connectivity index (χ1) is 15.8. The zero-order valence-electron chi connectivity index (χ0n) is 19.7. The molecule has 0 aromatic heterocycles. The predicted octanol–water partition coefficient (Wildman–Crippen LogP) is 4.51. The van der Waals surface area contributed by atoms with E-state index in [1.54, 1.807) is 14.2 Å². The molecule has 2 aliphatic rings. The summed E-state index contributed by atoms with van der Waals surface area (Å²) in [6.45, 7) is 4.33. The zero-order valence-corrected chi connectivity index (χ0v) is 19.7. The topological polar surface area (TPSA) is 83.1 Å². The summed E-state index contributed by atoms with van der Waals surface area (Å²) in [7, 11) is 3.13. The molecule has 176 valence electrons. The third kappa shape index (κ3) is 4.77. The van der Waals surface area contributed by atoms with Gasteiger partial charge in [-0.15, -0.1) is 0 Å². The number of ether oxygens (including phenoxy) is 4. The first-order valence-electron chi connectivity index (χ1n) is 11.3. The van der Waals surface area contributed by atoms with Gasteiger partial charge in [0.05, 0.1) is 20.1 Å². The number of rotatable bonds is 8. The molecule has 2 aromatic carbocycles. The molecule has 7 nitrogen and oxygen atoms in total. The molecule has 1 saturated carbocycles. The van der Waals surface area contributed by atoms with E-state index in [4.69, 9.17) is 18.9 Å². The molecule has 0 unspecified atom stereocenters. The summed E-state index contributed by atoms with van der Waals surface area (Å²) >= 11 is 0. The quantitative estimate of drug-likeness (QED) is 0.593. The van der Waals surface area contributed by atoms with Gasteiger partial charge in [0.2, 0.25) is 5.75 Å². The normalized spacial score (nSPS) is 15.7. The second-order valence-electron chi connectivity index (χ2n) is 9.18. The Morgan fingerprint density at radius 1 is 1.03 bits per heavy atom. The largest absolute Gasteiger partial charge is 0.493 e. The molecule has 2 aromatic rings. The number of methoxy groups -OCH3 is 2. The fourth-order valence-corrected chi connectivity index (χ4v) is 4.46. The first-order valence-corrected chi connectivity index (χ1v) is 11.3. The summed E-state index contributed by atoms with van der Waals surface area (Å²) in [5.41, 5.74) is 2.49. The number of amides is 1. The van der Waals surface area contributed by atoms with Crippen molar-refractivity contribution in [3.05, 3.63) is 41.5 Å². The number of carbonyl (C=O) groups is 2. The third-order valence-electron chi connectivity index (χ3n) is 6.23. The number of carbonyl (C=O) groups excluding carboxylic acids is 2. The molecule has 33 heavy (non-hydrogen) atoms. The molecule has 1 heterocycles. The Hall–Kier alpha value is -3.22. The van der Waals surface area contributed by atoms with E-state index in [0.29, 0.717) is 29.4 Å². The average Bonchev–Trinajstić information content (AvgIpc) is 3.47. The minimum atomic E-state index is -0.820. The molecule has 0 atom stereocenters. The van der Waals surface area contributed by atoms with Gasteiger partial charge in [-0.25, -0.2) is 0 Å². The lowest BCUT2D eigenvalue weighted by Gasteiger charge is -2.28. The number of benzene rings is 2. The molecule has 0 radical (unpaired) electrons. The zero-order chi connectivity index (χ0) is 23.6. The standard InChI is InChI=1S/C26H31NO6/c1-26(2,33-25(29)16-7-5-6-8-16)15-32-22-19(11-12-21(30-3)23(22)31-4)17-9-10-20-18(13-17)14-27-24(20)28/h9-13,16H,5-8,14-15H2,1-4H3,(H,27,28). The smallest absolute Gasteiger partial charge is 0.309 e. The molecule has 0 bridgehead atoms. The number of hydrogen-bond acceptors (Lipinski definition) is 6. The van der Waals surface area contributed by atoms with Crippen molar-refractivity contribution in [2.45, 2.75) is 51.7 Å². The number of hydrogen-bond donors (Lipinski definition) is 1. The molecule has 1 fully saturated rings. The Morgan fingerprint density at radius 2 is 1.76 bits per heavy atom. The van der Waals surface area contributed by atoms with Crippen molar-refractivity contribution in [3.8, 4) is 28.4 Å². The van der Waals surface area contributed by atoms with Gasteiger partial charge in [0.1, 0.15) is 12.2 Å². The molecular weight excluding hydrogens is 422 g/mol. The Bertz CT molecular complexity index is 1050. The summed E-state index contributed by atoms with van der Waals surface area (Å²) in [5, 5.41) is 2.84. The van der Waals surface area contributed by atoms with Crippen LogP contribution in [0.2, 0.25) is 0 Å². The highest BCUT2D eigenvalue weighted by Crippen LogP contribution is 2.45. The predicted molar refractivity (Wildman–Crippen MR) is 124 cm³/mol. The van der Waals surface area contributed by atoms with Gasteiger partial charge < -0.3 is 24.3 Å². The highest BCUT2D eigenvalue weighted by atomic mass is 16.6. The van der Waals surface area contributed by atoms with Crippen LogP contribution in [0.5, 0.6) is 17.2 Å². The molecule has 4 rings (SSSR count). The summed E-state index contributed by atoms with van der Waals surface area (Å²) in [5.74, 6) is 1.26.